The second-order valence-corrected chi connectivity index (χ2v) is 6.24. The van der Waals surface area contributed by atoms with Crippen molar-refractivity contribution in [2.75, 3.05) is 10.6 Å². The average molecular weight is 387 g/mol. The Kier molecular flexibility index (Phi) is 5.82. The van der Waals surface area contributed by atoms with Crippen LogP contribution in [0.2, 0.25) is 0 Å². The summed E-state index contributed by atoms with van der Waals surface area (Å²) in [6, 6.07) is 13.5. The largest absolute Gasteiger partial charge is 0.358 e. The summed E-state index contributed by atoms with van der Waals surface area (Å²) >= 11 is 6.32. The maximum atomic E-state index is 13.6. The third-order valence-corrected chi connectivity index (χ3v) is 4.14. The molecule has 0 saturated heterocycles. The molecule has 9 heteroatoms. The monoisotopic (exact) mass is 387 g/mol. The van der Waals surface area contributed by atoms with Crippen LogP contribution in [0, 0.1) is 5.82 Å². The Hall–Kier alpha value is -2.91. The van der Waals surface area contributed by atoms with Crippen LogP contribution in [0.4, 0.5) is 15.8 Å². The number of hydrogen-bond acceptors (Lipinski definition) is 5. The maximum Gasteiger partial charge on any atom is 0.277 e. The van der Waals surface area contributed by atoms with E-state index in [0.717, 1.165) is 17.2 Å². The first-order valence-corrected chi connectivity index (χ1v) is 8.83. The number of hydrogen-bond donors (Lipinski definition) is 3. The number of nitrogens with one attached hydrogen (secondary N) is 3. The third kappa shape index (κ3) is 4.80. The number of thiocarbonyl (C=S) groups is 1. The molecular formula is C17H14FN5OS2. The third-order valence-electron chi connectivity index (χ3n) is 3.39. The minimum atomic E-state index is -0.318. The predicted molar refractivity (Wildman–Crippen MR) is 104 cm³/mol. The molecule has 0 unspecified atom stereocenters. The van der Waals surface area contributed by atoms with E-state index in [1.54, 1.807) is 47.8 Å². The molecule has 26 heavy (non-hydrogen) atoms. The van der Waals surface area contributed by atoms with Gasteiger partial charge in [-0.2, -0.15) is 0 Å². The van der Waals surface area contributed by atoms with Gasteiger partial charge in [-0.1, -0.05) is 22.7 Å². The van der Waals surface area contributed by atoms with Gasteiger partial charge in [0.2, 0.25) is 0 Å². The van der Waals surface area contributed by atoms with Crippen molar-refractivity contribution in [1.29, 1.82) is 0 Å². The molecule has 6 nitrogen and oxygen atoms in total. The van der Waals surface area contributed by atoms with E-state index in [9.17, 15) is 9.18 Å². The number of carbonyl (C=O) groups excluding carboxylic acids is 1. The molecule has 3 rings (SSSR count). The molecule has 1 heterocycles. The van der Waals surface area contributed by atoms with Gasteiger partial charge in [0, 0.05) is 28.9 Å². The summed E-state index contributed by atoms with van der Waals surface area (Å²) < 4.78 is 17.2. The van der Waals surface area contributed by atoms with Crippen LogP contribution in [0.25, 0.3) is 0 Å². The standard InChI is InChI=1S/C17H14FN5OS2/c18-14-4-2-1-3-11(14)9-19-17(25)21-13-7-5-12(6-8-13)20-16(24)15-10-26-23-22-15/h1-8,10H,9H2,(H,20,24)(H2,19,21,25). The molecule has 0 aliphatic heterocycles. The smallest absolute Gasteiger partial charge is 0.277 e. The van der Waals surface area contributed by atoms with Crippen molar-refractivity contribution in [3.63, 3.8) is 0 Å². The van der Waals surface area contributed by atoms with Gasteiger partial charge in [-0.15, -0.1) is 5.10 Å². The van der Waals surface area contributed by atoms with Crippen LogP contribution in [-0.2, 0) is 6.54 Å². The molecule has 0 saturated carbocycles. The molecule has 0 atom stereocenters. The van der Waals surface area contributed by atoms with E-state index in [0.29, 0.717) is 16.4 Å². The molecule has 0 bridgehead atoms. The van der Waals surface area contributed by atoms with Crippen molar-refractivity contribution in [1.82, 2.24) is 14.9 Å². The molecule has 3 aromatic rings. The normalized spacial score (nSPS) is 10.2. The lowest BCUT2D eigenvalue weighted by molar-refractivity contribution is 0.102. The average Bonchev–Trinajstić information content (AvgIpc) is 3.17. The first kappa shape index (κ1) is 17.9. The molecule has 1 aromatic heterocycles. The van der Waals surface area contributed by atoms with Gasteiger partial charge in [0.1, 0.15) is 5.82 Å². The number of rotatable bonds is 5. The molecule has 1 amide bonds. The number of aromatic nitrogens is 2. The molecule has 0 aliphatic carbocycles. The van der Waals surface area contributed by atoms with Crippen LogP contribution in [0.3, 0.4) is 0 Å². The molecule has 0 radical (unpaired) electrons. The second-order valence-electron chi connectivity index (χ2n) is 5.22. The van der Waals surface area contributed by atoms with E-state index < -0.39 is 0 Å². The zero-order valence-electron chi connectivity index (χ0n) is 13.4. The van der Waals surface area contributed by atoms with Crippen molar-refractivity contribution in [3.05, 3.63) is 71.0 Å². The van der Waals surface area contributed by atoms with Crippen LogP contribution in [0.5, 0.6) is 0 Å². The van der Waals surface area contributed by atoms with Crippen LogP contribution in [-0.4, -0.2) is 20.6 Å². The van der Waals surface area contributed by atoms with Crippen molar-refractivity contribution >= 4 is 46.1 Å². The Balaban J connectivity index is 1.51. The zero-order chi connectivity index (χ0) is 18.4. The Morgan fingerprint density at radius 2 is 1.77 bits per heavy atom. The van der Waals surface area contributed by atoms with E-state index in [1.807, 2.05) is 0 Å². The molecule has 132 valence electrons. The van der Waals surface area contributed by atoms with Gasteiger partial charge in [0.05, 0.1) is 0 Å². The van der Waals surface area contributed by atoms with Gasteiger partial charge >= 0.3 is 0 Å². The fourth-order valence-electron chi connectivity index (χ4n) is 2.09. The summed E-state index contributed by atoms with van der Waals surface area (Å²) in [6.07, 6.45) is 0. The summed E-state index contributed by atoms with van der Waals surface area (Å²) in [5.41, 5.74) is 2.17. The van der Waals surface area contributed by atoms with Crippen molar-refractivity contribution in [2.45, 2.75) is 6.54 Å². The predicted octanol–water partition coefficient (Wildman–Crippen LogP) is 3.42. The van der Waals surface area contributed by atoms with Gasteiger partial charge in [-0.25, -0.2) is 4.39 Å². The Morgan fingerprint density at radius 1 is 1.08 bits per heavy atom. The molecule has 0 aliphatic rings. The van der Waals surface area contributed by atoms with Crippen LogP contribution in [0.15, 0.2) is 53.9 Å². The fraction of sp³-hybridized carbons (Fsp3) is 0.0588. The van der Waals surface area contributed by atoms with E-state index in [4.69, 9.17) is 12.2 Å². The van der Waals surface area contributed by atoms with Gasteiger partial charge in [0.25, 0.3) is 5.91 Å². The van der Waals surface area contributed by atoms with Gasteiger partial charge in [0.15, 0.2) is 10.8 Å². The van der Waals surface area contributed by atoms with Gasteiger partial charge < -0.3 is 16.0 Å². The molecule has 0 fully saturated rings. The highest BCUT2D eigenvalue weighted by atomic mass is 32.1. The van der Waals surface area contributed by atoms with Gasteiger partial charge in [-0.05, 0) is 54.1 Å². The van der Waals surface area contributed by atoms with E-state index >= 15 is 0 Å². The number of carbonyl (C=O) groups is 1. The maximum absolute atomic E-state index is 13.6. The second kappa shape index (κ2) is 8.45. The molecule has 3 N–H and O–H groups in total. The lowest BCUT2D eigenvalue weighted by Gasteiger charge is -2.11. The van der Waals surface area contributed by atoms with Crippen LogP contribution >= 0.6 is 23.8 Å². The van der Waals surface area contributed by atoms with E-state index in [1.165, 1.54) is 6.07 Å². The highest BCUT2D eigenvalue weighted by molar-refractivity contribution is 7.80. The minimum Gasteiger partial charge on any atom is -0.358 e. The highest BCUT2D eigenvalue weighted by Crippen LogP contribution is 2.14. The van der Waals surface area contributed by atoms with E-state index in [-0.39, 0.29) is 24.0 Å². The topological polar surface area (TPSA) is 78.9 Å². The zero-order valence-corrected chi connectivity index (χ0v) is 15.0. The number of amides is 1. The van der Waals surface area contributed by atoms with E-state index in [2.05, 4.69) is 25.5 Å². The Bertz CT molecular complexity index is 900. The first-order chi connectivity index (χ1) is 12.6. The Labute approximate surface area is 158 Å². The van der Waals surface area contributed by atoms with Crippen LogP contribution in [0.1, 0.15) is 16.1 Å². The lowest BCUT2D eigenvalue weighted by atomic mass is 10.2. The number of benzene rings is 2. The van der Waals surface area contributed by atoms with Crippen molar-refractivity contribution in [2.24, 2.45) is 0 Å². The number of nitrogens with zero attached hydrogens (tertiary/aromatic N) is 2. The molecular weight excluding hydrogens is 373 g/mol. The quantitative estimate of drug-likeness (QED) is 0.582. The minimum absolute atomic E-state index is 0.274. The highest BCUT2D eigenvalue weighted by Gasteiger charge is 2.09. The first-order valence-electron chi connectivity index (χ1n) is 7.58. The van der Waals surface area contributed by atoms with Crippen molar-refractivity contribution in [3.8, 4) is 0 Å². The molecule has 0 spiro atoms. The SMILES string of the molecule is O=C(Nc1ccc(NC(=S)NCc2ccccc2F)cc1)c1csnn1. The number of anilines is 2. The van der Waals surface area contributed by atoms with Crippen molar-refractivity contribution < 1.29 is 9.18 Å². The Morgan fingerprint density at radius 3 is 2.42 bits per heavy atom. The van der Waals surface area contributed by atoms with Gasteiger partial charge in [-0.3, -0.25) is 4.79 Å². The summed E-state index contributed by atoms with van der Waals surface area (Å²) in [5.74, 6) is -0.597. The lowest BCUT2D eigenvalue weighted by Crippen LogP contribution is -2.28. The van der Waals surface area contributed by atoms with Crippen LogP contribution < -0.4 is 16.0 Å². The fourth-order valence-corrected chi connectivity index (χ4v) is 2.71. The summed E-state index contributed by atoms with van der Waals surface area (Å²) in [6.45, 7) is 0.286. The summed E-state index contributed by atoms with van der Waals surface area (Å²) in [4.78, 5) is 11.9. The summed E-state index contributed by atoms with van der Waals surface area (Å²) in [7, 11) is 0. The summed E-state index contributed by atoms with van der Waals surface area (Å²) in [5, 5.41) is 14.3. The number of halogens is 1. The molecule has 2 aromatic carbocycles.